The molecule has 0 radical (unpaired) electrons. The van der Waals surface area contributed by atoms with Crippen molar-refractivity contribution in [3.63, 3.8) is 0 Å². The summed E-state index contributed by atoms with van der Waals surface area (Å²) >= 11 is 0. The Kier molecular flexibility index (Phi) is 8.93. The van der Waals surface area contributed by atoms with Gasteiger partial charge >= 0.3 is 18.0 Å². The number of hydrogen-bond acceptors (Lipinski definition) is 6. The summed E-state index contributed by atoms with van der Waals surface area (Å²) in [6.45, 7) is 10.9. The van der Waals surface area contributed by atoms with Crippen molar-refractivity contribution in [1.82, 2.24) is 10.2 Å². The Labute approximate surface area is 174 Å². The van der Waals surface area contributed by atoms with Gasteiger partial charge in [-0.2, -0.15) is 0 Å². The number of ether oxygens (including phenoxy) is 2. The minimum atomic E-state index is -0.771. The highest BCUT2D eigenvalue weighted by Crippen LogP contribution is 2.27. The molecule has 0 aromatic rings. The van der Waals surface area contributed by atoms with Crippen LogP contribution in [-0.4, -0.2) is 64.9 Å². The Morgan fingerprint density at radius 1 is 1.00 bits per heavy atom. The van der Waals surface area contributed by atoms with Crippen molar-refractivity contribution in [2.24, 2.45) is 5.92 Å². The second kappa shape index (κ2) is 10.3. The van der Waals surface area contributed by atoms with E-state index < -0.39 is 35.3 Å². The zero-order valence-electron chi connectivity index (χ0n) is 18.9. The van der Waals surface area contributed by atoms with Crippen LogP contribution in [-0.2, 0) is 19.1 Å². The standard InChI is InChI=1S/C21H38N2O6/c1-20(2,3)28-18(26)16(13-23(7)19(27)29-21(4,5)6)22-15-10-8-14(9-11-15)12-17(24)25/h14-16,22H,8-13H2,1-7H3,(H,24,25)/t14-,15-,16?. The molecule has 1 aliphatic rings. The molecule has 2 N–H and O–H groups in total. The molecule has 0 heterocycles. The molecule has 0 spiro atoms. The summed E-state index contributed by atoms with van der Waals surface area (Å²) in [6.07, 6.45) is 2.85. The van der Waals surface area contributed by atoms with Crippen molar-refractivity contribution < 1.29 is 29.0 Å². The van der Waals surface area contributed by atoms with Crippen LogP contribution in [0.5, 0.6) is 0 Å². The van der Waals surface area contributed by atoms with E-state index in [4.69, 9.17) is 14.6 Å². The van der Waals surface area contributed by atoms with E-state index in [9.17, 15) is 14.4 Å². The van der Waals surface area contributed by atoms with Crippen molar-refractivity contribution in [3.05, 3.63) is 0 Å². The Balaban J connectivity index is 2.75. The largest absolute Gasteiger partial charge is 0.481 e. The van der Waals surface area contributed by atoms with Crippen LogP contribution in [0.25, 0.3) is 0 Å². The number of amides is 1. The van der Waals surface area contributed by atoms with Gasteiger partial charge < -0.3 is 24.8 Å². The zero-order valence-corrected chi connectivity index (χ0v) is 18.9. The molecule has 0 aromatic carbocycles. The number of esters is 1. The molecule has 1 aliphatic carbocycles. The molecule has 1 rings (SSSR count). The lowest BCUT2D eigenvalue weighted by molar-refractivity contribution is -0.158. The maximum Gasteiger partial charge on any atom is 0.410 e. The molecule has 168 valence electrons. The summed E-state index contributed by atoms with van der Waals surface area (Å²) < 4.78 is 10.9. The lowest BCUT2D eigenvalue weighted by atomic mass is 9.84. The molecule has 1 fully saturated rings. The second-order valence-electron chi connectivity index (χ2n) is 9.93. The van der Waals surface area contributed by atoms with Gasteiger partial charge in [0.05, 0.1) is 0 Å². The molecule has 0 aromatic heterocycles. The first-order valence-electron chi connectivity index (χ1n) is 10.3. The van der Waals surface area contributed by atoms with Crippen LogP contribution in [0.2, 0.25) is 0 Å². The number of carbonyl (C=O) groups excluding carboxylic acids is 2. The molecular weight excluding hydrogens is 376 g/mol. The van der Waals surface area contributed by atoms with Gasteiger partial charge in [-0.1, -0.05) is 0 Å². The lowest BCUT2D eigenvalue weighted by Gasteiger charge is -2.34. The normalized spacial score (nSPS) is 21.2. The molecule has 0 saturated heterocycles. The van der Waals surface area contributed by atoms with E-state index in [1.54, 1.807) is 48.6 Å². The first-order valence-corrected chi connectivity index (χ1v) is 10.3. The Morgan fingerprint density at radius 2 is 1.52 bits per heavy atom. The number of carbonyl (C=O) groups is 3. The molecule has 0 bridgehead atoms. The lowest BCUT2D eigenvalue weighted by Crippen LogP contribution is -2.53. The summed E-state index contributed by atoms with van der Waals surface area (Å²) in [5, 5.41) is 12.3. The molecule has 8 nitrogen and oxygen atoms in total. The fourth-order valence-corrected chi connectivity index (χ4v) is 3.32. The zero-order chi connectivity index (χ0) is 22.4. The van der Waals surface area contributed by atoms with Crippen LogP contribution in [0.15, 0.2) is 0 Å². The molecule has 1 unspecified atom stereocenters. The fourth-order valence-electron chi connectivity index (χ4n) is 3.32. The van der Waals surface area contributed by atoms with E-state index in [0.29, 0.717) is 0 Å². The van der Waals surface area contributed by atoms with Crippen LogP contribution in [0.4, 0.5) is 4.79 Å². The topological polar surface area (TPSA) is 105 Å². The van der Waals surface area contributed by atoms with Crippen molar-refractivity contribution in [2.45, 2.75) is 96.9 Å². The van der Waals surface area contributed by atoms with Gasteiger partial charge in [-0.05, 0) is 73.1 Å². The molecule has 29 heavy (non-hydrogen) atoms. The molecule has 8 heteroatoms. The SMILES string of the molecule is CN(CC(N[C@H]1CC[C@H](CC(=O)O)CC1)C(=O)OC(C)(C)C)C(=O)OC(C)(C)C. The van der Waals surface area contributed by atoms with Gasteiger partial charge in [-0.3, -0.25) is 9.59 Å². The third kappa shape index (κ3) is 10.5. The quantitative estimate of drug-likeness (QED) is 0.616. The Bertz CT molecular complexity index is 571. The maximum absolute atomic E-state index is 12.7. The number of nitrogens with one attached hydrogen (secondary N) is 1. The molecular formula is C21H38N2O6. The van der Waals surface area contributed by atoms with E-state index in [2.05, 4.69) is 5.32 Å². The van der Waals surface area contributed by atoms with Crippen LogP contribution >= 0.6 is 0 Å². The minimum absolute atomic E-state index is 0.0737. The third-order valence-corrected chi connectivity index (χ3v) is 4.60. The molecule has 1 amide bonds. The van der Waals surface area contributed by atoms with E-state index in [0.717, 1.165) is 25.7 Å². The van der Waals surface area contributed by atoms with Crippen LogP contribution in [0, 0.1) is 5.92 Å². The summed E-state index contributed by atoms with van der Waals surface area (Å²) in [5.41, 5.74) is -1.26. The fraction of sp³-hybridized carbons (Fsp3) is 0.857. The van der Waals surface area contributed by atoms with E-state index >= 15 is 0 Å². The first kappa shape index (κ1) is 25.2. The van der Waals surface area contributed by atoms with Gasteiger partial charge in [0.2, 0.25) is 0 Å². The van der Waals surface area contributed by atoms with Crippen molar-refractivity contribution in [1.29, 1.82) is 0 Å². The van der Waals surface area contributed by atoms with Gasteiger partial charge in [0.1, 0.15) is 17.2 Å². The van der Waals surface area contributed by atoms with E-state index in [1.807, 2.05) is 0 Å². The number of rotatable bonds is 7. The van der Waals surface area contributed by atoms with Crippen LogP contribution in [0.1, 0.15) is 73.6 Å². The first-order chi connectivity index (χ1) is 13.2. The highest BCUT2D eigenvalue weighted by atomic mass is 16.6. The summed E-state index contributed by atoms with van der Waals surface area (Å²) in [5.74, 6) is -1.01. The van der Waals surface area contributed by atoms with Gasteiger partial charge in [0.25, 0.3) is 0 Å². The average molecular weight is 415 g/mol. The van der Waals surface area contributed by atoms with E-state index in [-0.39, 0.29) is 24.9 Å². The number of carboxylic acids is 1. The van der Waals surface area contributed by atoms with Gasteiger partial charge in [0.15, 0.2) is 0 Å². The summed E-state index contributed by atoms with van der Waals surface area (Å²) in [4.78, 5) is 37.3. The number of likely N-dealkylation sites (N-methyl/N-ethyl adjacent to an activating group) is 1. The number of carboxylic acid groups (broad SMARTS) is 1. The van der Waals surface area contributed by atoms with E-state index in [1.165, 1.54) is 4.90 Å². The van der Waals surface area contributed by atoms with Crippen LogP contribution in [0.3, 0.4) is 0 Å². The molecule has 1 atom stereocenters. The summed E-state index contributed by atoms with van der Waals surface area (Å²) in [7, 11) is 1.59. The predicted octanol–water partition coefficient (Wildman–Crippen LogP) is 3.19. The van der Waals surface area contributed by atoms with Gasteiger partial charge in [0, 0.05) is 26.1 Å². The molecule has 0 aliphatic heterocycles. The third-order valence-electron chi connectivity index (χ3n) is 4.60. The average Bonchev–Trinajstić information content (AvgIpc) is 2.52. The van der Waals surface area contributed by atoms with Crippen molar-refractivity contribution in [3.8, 4) is 0 Å². The van der Waals surface area contributed by atoms with Crippen LogP contribution < -0.4 is 5.32 Å². The number of nitrogens with zero attached hydrogens (tertiary/aromatic N) is 1. The molecule has 1 saturated carbocycles. The monoisotopic (exact) mass is 414 g/mol. The Hall–Kier alpha value is -1.83. The number of aliphatic carboxylic acids is 1. The Morgan fingerprint density at radius 3 is 1.97 bits per heavy atom. The minimum Gasteiger partial charge on any atom is -0.481 e. The smallest absolute Gasteiger partial charge is 0.410 e. The van der Waals surface area contributed by atoms with Crippen molar-refractivity contribution in [2.75, 3.05) is 13.6 Å². The van der Waals surface area contributed by atoms with Gasteiger partial charge in [-0.25, -0.2) is 4.79 Å². The number of hydrogen-bond donors (Lipinski definition) is 2. The highest BCUT2D eigenvalue weighted by molar-refractivity contribution is 5.77. The highest BCUT2D eigenvalue weighted by Gasteiger charge is 2.32. The van der Waals surface area contributed by atoms with Crippen molar-refractivity contribution >= 4 is 18.0 Å². The summed E-state index contributed by atoms with van der Waals surface area (Å²) in [6, 6.07) is -0.614. The predicted molar refractivity (Wildman–Crippen MR) is 110 cm³/mol. The second-order valence-corrected chi connectivity index (χ2v) is 9.93. The van der Waals surface area contributed by atoms with Gasteiger partial charge in [-0.15, -0.1) is 0 Å². The maximum atomic E-state index is 12.7.